The van der Waals surface area contributed by atoms with Crippen molar-refractivity contribution in [3.63, 3.8) is 0 Å². The molecule has 9 heteroatoms. The molecule has 0 atom stereocenters. The molecule has 30 heavy (non-hydrogen) atoms. The summed E-state index contributed by atoms with van der Waals surface area (Å²) in [4.78, 5) is 12.5. The van der Waals surface area contributed by atoms with Gasteiger partial charge in [0, 0.05) is 17.3 Å². The van der Waals surface area contributed by atoms with Crippen LogP contribution < -0.4 is 24.2 Å². The molecule has 1 amide bonds. The second kappa shape index (κ2) is 7.96. The number of anilines is 2. The number of benzene rings is 3. The van der Waals surface area contributed by atoms with Gasteiger partial charge in [0.2, 0.25) is 6.79 Å². The van der Waals surface area contributed by atoms with Crippen LogP contribution in [0, 0.1) is 0 Å². The lowest BCUT2D eigenvalue weighted by Gasteiger charge is -2.12. The fraction of sp³-hybridized carbons (Fsp3) is 0.0952. The molecule has 0 spiro atoms. The first-order valence-corrected chi connectivity index (χ1v) is 10.4. The molecule has 3 aromatic carbocycles. The van der Waals surface area contributed by atoms with E-state index in [9.17, 15) is 13.2 Å². The van der Waals surface area contributed by atoms with Gasteiger partial charge in [-0.2, -0.15) is 0 Å². The molecule has 0 radical (unpaired) electrons. The summed E-state index contributed by atoms with van der Waals surface area (Å²) in [5.41, 5.74) is 1.17. The van der Waals surface area contributed by atoms with Crippen LogP contribution in [-0.4, -0.2) is 28.2 Å². The Labute approximate surface area is 173 Å². The average molecular weight is 426 g/mol. The number of sulfonamides is 1. The fourth-order valence-corrected chi connectivity index (χ4v) is 3.97. The smallest absolute Gasteiger partial charge is 0.262 e. The Morgan fingerprint density at radius 2 is 1.70 bits per heavy atom. The molecule has 3 aromatic rings. The first kappa shape index (κ1) is 19.6. The minimum Gasteiger partial charge on any atom is -0.495 e. The van der Waals surface area contributed by atoms with E-state index in [1.54, 1.807) is 42.5 Å². The van der Waals surface area contributed by atoms with E-state index in [4.69, 9.17) is 14.2 Å². The second-order valence-electron chi connectivity index (χ2n) is 6.35. The first-order chi connectivity index (χ1) is 14.5. The molecule has 0 aromatic heterocycles. The maximum atomic E-state index is 12.7. The molecule has 2 N–H and O–H groups in total. The number of carbonyl (C=O) groups excluding carboxylic acids is 1. The SMILES string of the molecule is COc1ccccc1NS(=O)(=O)c1ccc(C(=O)Nc2ccc3c(c2)OCO3)cc1. The maximum Gasteiger partial charge on any atom is 0.262 e. The minimum absolute atomic E-state index is 0.0213. The summed E-state index contributed by atoms with van der Waals surface area (Å²) in [6, 6.07) is 17.4. The Bertz CT molecular complexity index is 1190. The van der Waals surface area contributed by atoms with Crippen LogP contribution in [0.15, 0.2) is 71.6 Å². The van der Waals surface area contributed by atoms with Gasteiger partial charge in [-0.15, -0.1) is 0 Å². The number of hydrogen-bond donors (Lipinski definition) is 2. The predicted octanol–water partition coefficient (Wildman–Crippen LogP) is 3.48. The van der Waals surface area contributed by atoms with E-state index in [2.05, 4.69) is 10.0 Å². The molecule has 1 aliphatic heterocycles. The summed E-state index contributed by atoms with van der Waals surface area (Å²) < 4.78 is 43.5. The van der Waals surface area contributed by atoms with Crippen molar-refractivity contribution in [1.29, 1.82) is 0 Å². The zero-order chi connectivity index (χ0) is 21.1. The van der Waals surface area contributed by atoms with Crippen LogP contribution in [0.25, 0.3) is 0 Å². The molecule has 1 aliphatic rings. The van der Waals surface area contributed by atoms with Crippen molar-refractivity contribution in [2.45, 2.75) is 4.90 Å². The zero-order valence-electron chi connectivity index (χ0n) is 15.9. The molecule has 8 nitrogen and oxygen atoms in total. The summed E-state index contributed by atoms with van der Waals surface area (Å²) in [5.74, 6) is 1.19. The molecule has 0 bridgehead atoms. The third kappa shape index (κ3) is 4.01. The molecule has 0 unspecified atom stereocenters. The van der Waals surface area contributed by atoms with E-state index in [0.717, 1.165) is 0 Å². The Kier molecular flexibility index (Phi) is 5.20. The largest absolute Gasteiger partial charge is 0.495 e. The average Bonchev–Trinajstić information content (AvgIpc) is 3.22. The quantitative estimate of drug-likeness (QED) is 0.626. The van der Waals surface area contributed by atoms with Crippen LogP contribution in [-0.2, 0) is 10.0 Å². The van der Waals surface area contributed by atoms with Gasteiger partial charge in [0.1, 0.15) is 5.75 Å². The van der Waals surface area contributed by atoms with Crippen LogP contribution in [0.2, 0.25) is 0 Å². The van der Waals surface area contributed by atoms with Crippen molar-refractivity contribution in [1.82, 2.24) is 0 Å². The fourth-order valence-electron chi connectivity index (χ4n) is 2.90. The number of methoxy groups -OCH3 is 1. The second-order valence-corrected chi connectivity index (χ2v) is 8.03. The molecule has 0 saturated carbocycles. The van der Waals surface area contributed by atoms with Crippen molar-refractivity contribution in [2.24, 2.45) is 0 Å². The standard InChI is InChI=1S/C21H18N2O6S/c1-27-18-5-3-2-4-17(18)23-30(25,26)16-9-6-14(7-10-16)21(24)22-15-8-11-19-20(12-15)29-13-28-19/h2-12,23H,13H2,1H3,(H,22,24). The zero-order valence-corrected chi connectivity index (χ0v) is 16.7. The number of hydrogen-bond acceptors (Lipinski definition) is 6. The molecular formula is C21H18N2O6S. The molecule has 0 saturated heterocycles. The molecule has 0 aliphatic carbocycles. The van der Waals surface area contributed by atoms with E-state index in [1.165, 1.54) is 31.4 Å². The van der Waals surface area contributed by atoms with Gasteiger partial charge in [-0.05, 0) is 48.5 Å². The summed E-state index contributed by atoms with van der Waals surface area (Å²) in [7, 11) is -2.39. The van der Waals surface area contributed by atoms with Gasteiger partial charge in [0.15, 0.2) is 11.5 Å². The lowest BCUT2D eigenvalue weighted by Crippen LogP contribution is -2.15. The van der Waals surface area contributed by atoms with Gasteiger partial charge in [0.05, 0.1) is 17.7 Å². The number of amides is 1. The minimum atomic E-state index is -3.85. The van der Waals surface area contributed by atoms with Gasteiger partial charge in [-0.25, -0.2) is 8.42 Å². The van der Waals surface area contributed by atoms with Crippen LogP contribution >= 0.6 is 0 Å². The molecule has 1 heterocycles. The topological polar surface area (TPSA) is 103 Å². The molecule has 0 fully saturated rings. The number of carbonyl (C=O) groups is 1. The number of ether oxygens (including phenoxy) is 3. The summed E-state index contributed by atoms with van der Waals surface area (Å²) in [6.45, 7) is 0.144. The Morgan fingerprint density at radius 1 is 0.967 bits per heavy atom. The van der Waals surface area contributed by atoms with Crippen LogP contribution in [0.1, 0.15) is 10.4 Å². The van der Waals surface area contributed by atoms with Gasteiger partial charge >= 0.3 is 0 Å². The molecule has 4 rings (SSSR count). The lowest BCUT2D eigenvalue weighted by molar-refractivity contribution is 0.102. The van der Waals surface area contributed by atoms with E-state index in [0.29, 0.717) is 34.2 Å². The normalized spacial score (nSPS) is 12.3. The van der Waals surface area contributed by atoms with Gasteiger partial charge in [-0.1, -0.05) is 12.1 Å². The van der Waals surface area contributed by atoms with Crippen molar-refractivity contribution in [3.05, 3.63) is 72.3 Å². The highest BCUT2D eigenvalue weighted by Crippen LogP contribution is 2.34. The van der Waals surface area contributed by atoms with Crippen molar-refractivity contribution in [2.75, 3.05) is 23.9 Å². The van der Waals surface area contributed by atoms with Crippen LogP contribution in [0.4, 0.5) is 11.4 Å². The highest BCUT2D eigenvalue weighted by atomic mass is 32.2. The Hall–Kier alpha value is -3.72. The summed E-state index contributed by atoms with van der Waals surface area (Å²) >= 11 is 0. The van der Waals surface area contributed by atoms with E-state index in [-0.39, 0.29) is 17.6 Å². The highest BCUT2D eigenvalue weighted by Gasteiger charge is 2.18. The summed E-state index contributed by atoms with van der Waals surface area (Å²) in [5, 5.41) is 2.74. The summed E-state index contributed by atoms with van der Waals surface area (Å²) in [6.07, 6.45) is 0. The van der Waals surface area contributed by atoms with Gasteiger partial charge in [-0.3, -0.25) is 9.52 Å². The predicted molar refractivity (Wildman–Crippen MR) is 111 cm³/mol. The third-order valence-electron chi connectivity index (χ3n) is 4.41. The van der Waals surface area contributed by atoms with Crippen molar-refractivity contribution < 1.29 is 27.4 Å². The van der Waals surface area contributed by atoms with E-state index < -0.39 is 10.0 Å². The maximum absolute atomic E-state index is 12.7. The third-order valence-corrected chi connectivity index (χ3v) is 5.79. The Morgan fingerprint density at radius 3 is 2.47 bits per heavy atom. The molecular weight excluding hydrogens is 408 g/mol. The number of para-hydroxylation sites is 2. The molecule has 154 valence electrons. The van der Waals surface area contributed by atoms with Crippen LogP contribution in [0.3, 0.4) is 0 Å². The van der Waals surface area contributed by atoms with Crippen molar-refractivity contribution >= 4 is 27.3 Å². The Balaban J connectivity index is 1.48. The lowest BCUT2D eigenvalue weighted by atomic mass is 10.2. The van der Waals surface area contributed by atoms with Gasteiger partial charge in [0.25, 0.3) is 15.9 Å². The number of nitrogens with one attached hydrogen (secondary N) is 2. The highest BCUT2D eigenvalue weighted by molar-refractivity contribution is 7.92. The van der Waals surface area contributed by atoms with Crippen molar-refractivity contribution in [3.8, 4) is 17.2 Å². The van der Waals surface area contributed by atoms with E-state index >= 15 is 0 Å². The van der Waals surface area contributed by atoms with Crippen LogP contribution in [0.5, 0.6) is 17.2 Å². The monoisotopic (exact) mass is 426 g/mol. The number of fused-ring (bicyclic) bond motifs is 1. The first-order valence-electron chi connectivity index (χ1n) is 8.93. The number of rotatable bonds is 6. The van der Waals surface area contributed by atoms with Gasteiger partial charge < -0.3 is 19.5 Å². The van der Waals surface area contributed by atoms with E-state index in [1.807, 2.05) is 0 Å².